The summed E-state index contributed by atoms with van der Waals surface area (Å²) in [6, 6.07) is 7.79. The number of hydrogen-bond donors (Lipinski definition) is 0. The highest BCUT2D eigenvalue weighted by Gasteiger charge is 2.54. The Balaban J connectivity index is 3.42. The van der Waals surface area contributed by atoms with Crippen LogP contribution in [0.1, 0.15) is 26.3 Å². The number of alkyl halides is 3. The summed E-state index contributed by atoms with van der Waals surface area (Å²) >= 11 is -0.0831. The SMILES string of the molecule is CCOP(=O)(OCC)C(C)(SC(=O)C(F)(F)F)c1ccccc1. The third kappa shape index (κ3) is 4.59. The summed E-state index contributed by atoms with van der Waals surface area (Å²) < 4.78 is 59.8. The van der Waals surface area contributed by atoms with Gasteiger partial charge in [0.1, 0.15) is 4.49 Å². The molecular weight excluding hydrogens is 352 g/mol. The van der Waals surface area contributed by atoms with Crippen molar-refractivity contribution in [2.24, 2.45) is 0 Å². The highest BCUT2D eigenvalue weighted by Crippen LogP contribution is 2.70. The molecule has 0 N–H and O–H groups in total. The molecule has 130 valence electrons. The largest absolute Gasteiger partial charge is 0.460 e. The number of halogens is 3. The lowest BCUT2D eigenvalue weighted by Crippen LogP contribution is -2.29. The Kier molecular flexibility index (Phi) is 6.89. The Bertz CT molecular complexity index is 569. The van der Waals surface area contributed by atoms with E-state index >= 15 is 0 Å². The van der Waals surface area contributed by atoms with Crippen LogP contribution in [0.2, 0.25) is 0 Å². The summed E-state index contributed by atoms with van der Waals surface area (Å²) in [6.45, 7) is 4.31. The van der Waals surface area contributed by atoms with Crippen LogP contribution in [0.4, 0.5) is 13.2 Å². The number of rotatable bonds is 7. The summed E-state index contributed by atoms with van der Waals surface area (Å²) in [7, 11) is -4.04. The van der Waals surface area contributed by atoms with Crippen molar-refractivity contribution in [1.82, 2.24) is 0 Å². The van der Waals surface area contributed by atoms with Crippen LogP contribution in [0.15, 0.2) is 30.3 Å². The van der Waals surface area contributed by atoms with Gasteiger partial charge < -0.3 is 9.05 Å². The molecule has 1 atom stereocenters. The van der Waals surface area contributed by atoms with Gasteiger partial charge in [-0.25, -0.2) is 0 Å². The van der Waals surface area contributed by atoms with Crippen LogP contribution in [0.3, 0.4) is 0 Å². The molecule has 0 fully saturated rings. The zero-order valence-electron chi connectivity index (χ0n) is 12.9. The van der Waals surface area contributed by atoms with Gasteiger partial charge in [0.05, 0.1) is 13.2 Å². The van der Waals surface area contributed by atoms with Gasteiger partial charge in [-0.15, -0.1) is 0 Å². The van der Waals surface area contributed by atoms with Gasteiger partial charge in [0, 0.05) is 0 Å². The average molecular weight is 370 g/mol. The van der Waals surface area contributed by atoms with Gasteiger partial charge in [-0.05, 0) is 26.3 Å². The molecule has 1 aromatic carbocycles. The van der Waals surface area contributed by atoms with Gasteiger partial charge in [-0.3, -0.25) is 9.36 Å². The average Bonchev–Trinajstić information content (AvgIpc) is 2.47. The first-order chi connectivity index (χ1) is 10.6. The molecule has 0 aromatic heterocycles. The van der Waals surface area contributed by atoms with E-state index in [2.05, 4.69) is 0 Å². The van der Waals surface area contributed by atoms with E-state index in [0.29, 0.717) is 0 Å². The second kappa shape index (κ2) is 7.83. The fourth-order valence-electron chi connectivity index (χ4n) is 1.88. The normalized spacial score (nSPS) is 15.2. The number of hydrogen-bond acceptors (Lipinski definition) is 5. The van der Waals surface area contributed by atoms with Crippen LogP contribution >= 0.6 is 19.4 Å². The molecular formula is C14H18F3O4PS. The maximum atomic E-state index is 13.1. The first-order valence-electron chi connectivity index (χ1n) is 6.85. The fourth-order valence-corrected chi connectivity index (χ4v) is 5.34. The molecule has 1 rings (SSSR count). The lowest BCUT2D eigenvalue weighted by atomic mass is 10.2. The van der Waals surface area contributed by atoms with Gasteiger partial charge in [-0.1, -0.05) is 42.1 Å². The van der Waals surface area contributed by atoms with Crippen molar-refractivity contribution in [2.75, 3.05) is 13.2 Å². The van der Waals surface area contributed by atoms with E-state index in [9.17, 15) is 22.5 Å². The Hall–Kier alpha value is -0.820. The Morgan fingerprint density at radius 2 is 1.61 bits per heavy atom. The van der Waals surface area contributed by atoms with Crippen molar-refractivity contribution in [3.63, 3.8) is 0 Å². The highest BCUT2D eigenvalue weighted by molar-refractivity contribution is 8.18. The predicted octanol–water partition coefficient (Wildman–Crippen LogP) is 4.95. The minimum absolute atomic E-state index is 0.0273. The summed E-state index contributed by atoms with van der Waals surface area (Å²) in [5.41, 5.74) is 0.257. The lowest BCUT2D eigenvalue weighted by Gasteiger charge is -2.35. The molecule has 0 bridgehead atoms. The predicted molar refractivity (Wildman–Crippen MR) is 83.3 cm³/mol. The fraction of sp³-hybridized carbons (Fsp3) is 0.500. The van der Waals surface area contributed by atoms with Crippen LogP contribution in [0.5, 0.6) is 0 Å². The maximum absolute atomic E-state index is 13.1. The molecule has 1 unspecified atom stereocenters. The Labute approximate surface area is 137 Å². The topological polar surface area (TPSA) is 52.6 Å². The van der Waals surface area contributed by atoms with Crippen molar-refractivity contribution in [3.8, 4) is 0 Å². The molecule has 0 heterocycles. The second-order valence-electron chi connectivity index (χ2n) is 4.57. The second-order valence-corrected chi connectivity index (χ2v) is 8.67. The number of carbonyl (C=O) groups excluding carboxylic acids is 1. The van der Waals surface area contributed by atoms with E-state index < -0.39 is 23.4 Å². The molecule has 4 nitrogen and oxygen atoms in total. The molecule has 9 heteroatoms. The monoisotopic (exact) mass is 370 g/mol. The zero-order chi connectivity index (χ0) is 17.7. The number of thioether (sulfide) groups is 1. The molecule has 0 saturated carbocycles. The quantitative estimate of drug-likeness (QED) is 0.636. The minimum Gasteiger partial charge on any atom is -0.308 e. The molecule has 0 radical (unpaired) electrons. The molecule has 0 aliphatic heterocycles. The minimum atomic E-state index is -5.05. The third-order valence-corrected chi connectivity index (χ3v) is 7.45. The van der Waals surface area contributed by atoms with E-state index in [1.54, 1.807) is 32.0 Å². The molecule has 23 heavy (non-hydrogen) atoms. The summed E-state index contributed by atoms with van der Waals surface area (Å²) in [4.78, 5) is 11.5. The maximum Gasteiger partial charge on any atom is 0.460 e. The summed E-state index contributed by atoms with van der Waals surface area (Å²) in [5, 5.41) is -2.05. The Morgan fingerprint density at radius 3 is 2.00 bits per heavy atom. The van der Waals surface area contributed by atoms with Gasteiger partial charge in [0.25, 0.3) is 5.12 Å². The van der Waals surface area contributed by atoms with E-state index in [1.165, 1.54) is 19.1 Å². The molecule has 0 aliphatic carbocycles. The van der Waals surface area contributed by atoms with Gasteiger partial charge in [0.15, 0.2) is 0 Å². The van der Waals surface area contributed by atoms with Crippen LogP contribution in [0, 0.1) is 0 Å². The smallest absolute Gasteiger partial charge is 0.308 e. The van der Waals surface area contributed by atoms with Crippen molar-refractivity contribution >= 4 is 24.5 Å². The van der Waals surface area contributed by atoms with Crippen molar-refractivity contribution in [3.05, 3.63) is 35.9 Å². The van der Waals surface area contributed by atoms with E-state index in [0.717, 1.165) is 0 Å². The standard InChI is InChI=1S/C14H18F3O4PS/c1-4-20-22(19,21-5-2)13(3,11-9-7-6-8-10-11)23-12(18)14(15,16)17/h6-10H,4-5H2,1-3H3. The molecule has 0 amide bonds. The van der Waals surface area contributed by atoms with Crippen LogP contribution in [-0.2, 0) is 22.9 Å². The van der Waals surface area contributed by atoms with Crippen LogP contribution in [-0.4, -0.2) is 24.5 Å². The Morgan fingerprint density at radius 1 is 1.13 bits per heavy atom. The van der Waals surface area contributed by atoms with Crippen molar-refractivity contribution in [1.29, 1.82) is 0 Å². The van der Waals surface area contributed by atoms with Gasteiger partial charge in [-0.2, -0.15) is 13.2 Å². The highest BCUT2D eigenvalue weighted by atomic mass is 32.2. The van der Waals surface area contributed by atoms with E-state index in [4.69, 9.17) is 9.05 Å². The summed E-state index contributed by atoms with van der Waals surface area (Å²) in [6.07, 6.45) is -5.05. The molecule has 0 saturated heterocycles. The van der Waals surface area contributed by atoms with Crippen LogP contribution in [0.25, 0.3) is 0 Å². The van der Waals surface area contributed by atoms with Gasteiger partial charge >= 0.3 is 13.8 Å². The van der Waals surface area contributed by atoms with Gasteiger partial charge in [0.2, 0.25) is 0 Å². The first-order valence-corrected chi connectivity index (χ1v) is 9.21. The van der Waals surface area contributed by atoms with Crippen molar-refractivity contribution in [2.45, 2.75) is 31.4 Å². The van der Waals surface area contributed by atoms with Crippen molar-refractivity contribution < 1.29 is 31.6 Å². The first kappa shape index (κ1) is 20.2. The zero-order valence-corrected chi connectivity index (χ0v) is 14.6. The number of carbonyl (C=O) groups is 1. The molecule has 0 spiro atoms. The van der Waals surface area contributed by atoms with E-state index in [1.807, 2.05) is 0 Å². The van der Waals surface area contributed by atoms with E-state index in [-0.39, 0.29) is 30.5 Å². The number of benzene rings is 1. The molecule has 0 aliphatic rings. The summed E-state index contributed by atoms with van der Waals surface area (Å²) in [5.74, 6) is 0. The van der Waals surface area contributed by atoms with Crippen LogP contribution < -0.4 is 0 Å². The lowest BCUT2D eigenvalue weighted by molar-refractivity contribution is -0.160. The third-order valence-electron chi connectivity index (χ3n) is 2.95. The molecule has 1 aromatic rings.